The molecule has 3 N–H and O–H groups in total. The topological polar surface area (TPSA) is 42.6 Å². The van der Waals surface area contributed by atoms with Crippen LogP contribution in [0.15, 0.2) is 36.2 Å². The normalized spacial score (nSPS) is 38.6. The van der Waals surface area contributed by atoms with Gasteiger partial charge in [0.05, 0.1) is 6.67 Å². The molecule has 0 saturated carbocycles. The van der Waals surface area contributed by atoms with Crippen molar-refractivity contribution in [1.82, 2.24) is 25.8 Å². The maximum Gasteiger partial charge on any atom is 0.0979 e. The monoisotopic (exact) mass is 313 g/mol. The highest BCUT2D eigenvalue weighted by Gasteiger charge is 2.35. The molecule has 3 saturated heterocycles. The van der Waals surface area contributed by atoms with Crippen LogP contribution in [0, 0.1) is 0 Å². The van der Waals surface area contributed by atoms with Gasteiger partial charge in [0.2, 0.25) is 0 Å². The second-order valence-corrected chi connectivity index (χ2v) is 7.73. The van der Waals surface area contributed by atoms with E-state index < -0.39 is 0 Å². The molecule has 5 aliphatic rings. The van der Waals surface area contributed by atoms with E-state index in [0.717, 1.165) is 6.67 Å². The van der Waals surface area contributed by atoms with Gasteiger partial charge in [-0.25, -0.2) is 0 Å². The molecule has 4 atom stereocenters. The smallest absolute Gasteiger partial charge is 0.0979 e. The van der Waals surface area contributed by atoms with Gasteiger partial charge in [0, 0.05) is 60.4 Å². The van der Waals surface area contributed by atoms with Crippen molar-refractivity contribution in [2.75, 3.05) is 6.67 Å². The summed E-state index contributed by atoms with van der Waals surface area (Å²) in [5, 5.41) is 11.5. The highest BCUT2D eigenvalue weighted by Crippen LogP contribution is 2.29. The lowest BCUT2D eigenvalue weighted by molar-refractivity contribution is 0.384. The minimum Gasteiger partial charge on any atom is -0.384 e. The van der Waals surface area contributed by atoms with Crippen molar-refractivity contribution < 1.29 is 0 Å². The zero-order chi connectivity index (χ0) is 15.2. The summed E-state index contributed by atoms with van der Waals surface area (Å²) in [5.41, 5.74) is 2.80. The van der Waals surface area contributed by atoms with Crippen LogP contribution < -0.4 is 16.0 Å². The molecule has 3 fully saturated rings. The summed E-state index contributed by atoms with van der Waals surface area (Å²) in [5.74, 6) is 0. The van der Waals surface area contributed by atoms with Gasteiger partial charge in [0.25, 0.3) is 0 Å². The third-order valence-corrected chi connectivity index (χ3v) is 6.00. The second kappa shape index (κ2) is 5.48. The van der Waals surface area contributed by atoms with Crippen LogP contribution in [0.25, 0.3) is 0 Å². The summed E-state index contributed by atoms with van der Waals surface area (Å²) in [6.07, 6.45) is 17.8. The molecular weight excluding hydrogens is 286 g/mol. The van der Waals surface area contributed by atoms with Gasteiger partial charge < -0.3 is 25.8 Å². The minimum atomic E-state index is 0.615. The molecule has 5 heteroatoms. The zero-order valence-electron chi connectivity index (χ0n) is 13.7. The number of hydrogen-bond donors (Lipinski definition) is 3. The number of fused-ring (bicyclic) bond motifs is 9. The first-order chi connectivity index (χ1) is 11.3. The van der Waals surface area contributed by atoms with Crippen molar-refractivity contribution in [2.45, 2.75) is 69.1 Å². The van der Waals surface area contributed by atoms with Crippen molar-refractivity contribution in [3.8, 4) is 0 Å². The van der Waals surface area contributed by atoms with E-state index in [4.69, 9.17) is 0 Å². The Bertz CT molecular complexity index is 566. The van der Waals surface area contributed by atoms with E-state index in [1.807, 2.05) is 0 Å². The van der Waals surface area contributed by atoms with Crippen molar-refractivity contribution in [3.05, 3.63) is 36.2 Å². The molecule has 5 aliphatic heterocycles. The predicted octanol–water partition coefficient (Wildman–Crippen LogP) is 1.74. The van der Waals surface area contributed by atoms with E-state index in [-0.39, 0.29) is 0 Å². The second-order valence-electron chi connectivity index (χ2n) is 7.73. The van der Waals surface area contributed by atoms with Crippen molar-refractivity contribution in [2.24, 2.45) is 0 Å². The molecule has 0 aromatic heterocycles. The molecule has 5 nitrogen and oxygen atoms in total. The Hall–Kier alpha value is -1.62. The van der Waals surface area contributed by atoms with Gasteiger partial charge in [-0.1, -0.05) is 0 Å². The van der Waals surface area contributed by atoms with Crippen molar-refractivity contribution in [1.29, 1.82) is 0 Å². The fourth-order valence-corrected chi connectivity index (χ4v) is 4.83. The van der Waals surface area contributed by atoms with Gasteiger partial charge in [0.15, 0.2) is 0 Å². The number of nitrogens with one attached hydrogen (secondary N) is 3. The fourth-order valence-electron chi connectivity index (χ4n) is 4.83. The summed E-state index contributed by atoms with van der Waals surface area (Å²) in [6, 6.07) is 2.61. The van der Waals surface area contributed by atoms with Gasteiger partial charge in [-0.15, -0.1) is 0 Å². The first-order valence-corrected chi connectivity index (χ1v) is 9.22. The van der Waals surface area contributed by atoms with E-state index in [9.17, 15) is 0 Å². The lowest BCUT2D eigenvalue weighted by Gasteiger charge is -2.22. The molecule has 0 amide bonds. The Morgan fingerprint density at radius 3 is 2.43 bits per heavy atom. The van der Waals surface area contributed by atoms with Crippen LogP contribution in [0.3, 0.4) is 0 Å². The Kier molecular flexibility index (Phi) is 3.28. The van der Waals surface area contributed by atoms with Gasteiger partial charge in [0.1, 0.15) is 0 Å². The van der Waals surface area contributed by atoms with Crippen LogP contribution >= 0.6 is 0 Å². The molecule has 4 unspecified atom stereocenters. The number of nitrogens with zero attached hydrogens (tertiary/aromatic N) is 2. The first-order valence-electron chi connectivity index (χ1n) is 9.22. The molecule has 0 aromatic rings. The maximum absolute atomic E-state index is 3.92. The SMILES string of the molecule is C1=CN2C=C3CCC(N3)C3CCC(CC4CCC(=CN1C2)N4)N3. The molecule has 5 rings (SSSR count). The van der Waals surface area contributed by atoms with Crippen LogP contribution in [0.1, 0.15) is 44.9 Å². The number of allylic oxidation sites excluding steroid dienone is 2. The third-order valence-electron chi connectivity index (χ3n) is 6.00. The van der Waals surface area contributed by atoms with Gasteiger partial charge in [-0.3, -0.25) is 0 Å². The molecule has 124 valence electrons. The van der Waals surface area contributed by atoms with E-state index in [1.165, 1.54) is 56.3 Å². The number of rotatable bonds is 0. The van der Waals surface area contributed by atoms with E-state index in [0.29, 0.717) is 24.2 Å². The third kappa shape index (κ3) is 2.71. The highest BCUT2D eigenvalue weighted by atomic mass is 15.3. The van der Waals surface area contributed by atoms with Crippen LogP contribution in [-0.2, 0) is 0 Å². The zero-order valence-corrected chi connectivity index (χ0v) is 13.7. The standard InChI is InChI=1S/C18H27N5/c1-2-15-10-22-7-8-23(12-22)11-16-4-6-18(21-16)17-5-3-14(20-17)9-13(1)19-15/h7-8,10-11,13-14,17-21H,1-6,9,12H2. The molecule has 0 aromatic carbocycles. The molecule has 8 bridgehead atoms. The molecule has 5 heterocycles. The lowest BCUT2D eigenvalue weighted by Crippen LogP contribution is -2.44. The maximum atomic E-state index is 3.92. The summed E-state index contributed by atoms with van der Waals surface area (Å²) in [6.45, 7) is 0.927. The van der Waals surface area contributed by atoms with Gasteiger partial charge in [-0.2, -0.15) is 0 Å². The average molecular weight is 313 g/mol. The average Bonchev–Trinajstić information content (AvgIpc) is 3.28. The Labute approximate surface area is 138 Å². The molecule has 0 spiro atoms. The summed E-state index contributed by atoms with van der Waals surface area (Å²) >= 11 is 0. The minimum absolute atomic E-state index is 0.615. The van der Waals surface area contributed by atoms with Gasteiger partial charge >= 0.3 is 0 Å². The summed E-state index contributed by atoms with van der Waals surface area (Å²) < 4.78 is 0. The lowest BCUT2D eigenvalue weighted by atomic mass is 10.0. The summed E-state index contributed by atoms with van der Waals surface area (Å²) in [7, 11) is 0. The predicted molar refractivity (Wildman–Crippen MR) is 90.7 cm³/mol. The Morgan fingerprint density at radius 1 is 0.783 bits per heavy atom. The van der Waals surface area contributed by atoms with Crippen LogP contribution in [-0.4, -0.2) is 40.6 Å². The van der Waals surface area contributed by atoms with Crippen LogP contribution in [0.2, 0.25) is 0 Å². The van der Waals surface area contributed by atoms with E-state index >= 15 is 0 Å². The summed E-state index contributed by atoms with van der Waals surface area (Å²) in [4.78, 5) is 4.58. The molecular formula is C18H27N5. The van der Waals surface area contributed by atoms with E-state index in [1.54, 1.807) is 0 Å². The largest absolute Gasteiger partial charge is 0.384 e. The fraction of sp³-hybridized carbons (Fsp3) is 0.667. The highest BCUT2D eigenvalue weighted by molar-refractivity contribution is 5.15. The first kappa shape index (κ1) is 13.8. The number of hydrogen-bond acceptors (Lipinski definition) is 5. The van der Waals surface area contributed by atoms with Crippen LogP contribution in [0.4, 0.5) is 0 Å². The Balaban J connectivity index is 1.40. The van der Waals surface area contributed by atoms with Gasteiger partial charge in [-0.05, 0) is 44.9 Å². The Morgan fingerprint density at radius 2 is 1.57 bits per heavy atom. The molecule has 0 radical (unpaired) electrons. The van der Waals surface area contributed by atoms with Crippen molar-refractivity contribution in [3.63, 3.8) is 0 Å². The molecule has 23 heavy (non-hydrogen) atoms. The molecule has 0 aliphatic carbocycles. The van der Waals surface area contributed by atoms with Crippen LogP contribution in [0.5, 0.6) is 0 Å². The van der Waals surface area contributed by atoms with Crippen molar-refractivity contribution >= 4 is 0 Å². The quantitative estimate of drug-likeness (QED) is 0.636. The van der Waals surface area contributed by atoms with E-state index in [2.05, 4.69) is 50.6 Å².